The SMILES string of the molecule is COc1ccc([C@@H](NC(=O)C2CCCCC2)c2cc([N+](=O)[O-])c3cccnc3c2O)cc1. The number of amides is 1. The van der Waals surface area contributed by atoms with Gasteiger partial charge in [-0.25, -0.2) is 0 Å². The first-order chi connectivity index (χ1) is 15.5. The average Bonchev–Trinajstić information content (AvgIpc) is 2.83. The van der Waals surface area contributed by atoms with Gasteiger partial charge >= 0.3 is 0 Å². The molecule has 0 aliphatic heterocycles. The van der Waals surface area contributed by atoms with Crippen LogP contribution >= 0.6 is 0 Å². The maximum atomic E-state index is 13.1. The van der Waals surface area contributed by atoms with Crippen LogP contribution in [0, 0.1) is 16.0 Å². The maximum absolute atomic E-state index is 13.1. The molecule has 1 amide bonds. The van der Waals surface area contributed by atoms with Gasteiger partial charge in [-0.15, -0.1) is 0 Å². The second-order valence-electron chi connectivity index (χ2n) is 8.04. The third-order valence-electron chi connectivity index (χ3n) is 6.09. The zero-order chi connectivity index (χ0) is 22.7. The van der Waals surface area contributed by atoms with Crippen LogP contribution in [-0.4, -0.2) is 28.0 Å². The molecule has 1 aliphatic rings. The fourth-order valence-electron chi connectivity index (χ4n) is 4.36. The molecular formula is C24H25N3O5. The minimum atomic E-state index is -0.777. The summed E-state index contributed by atoms with van der Waals surface area (Å²) in [5.74, 6) is 0.228. The number of carbonyl (C=O) groups is 1. The summed E-state index contributed by atoms with van der Waals surface area (Å²) in [6.07, 6.45) is 6.22. The highest BCUT2D eigenvalue weighted by atomic mass is 16.6. The number of hydrogen-bond donors (Lipinski definition) is 2. The van der Waals surface area contributed by atoms with Crippen LogP contribution in [0.25, 0.3) is 10.9 Å². The summed E-state index contributed by atoms with van der Waals surface area (Å²) in [5, 5.41) is 26.1. The first-order valence-corrected chi connectivity index (χ1v) is 10.7. The first-order valence-electron chi connectivity index (χ1n) is 10.7. The van der Waals surface area contributed by atoms with Gasteiger partial charge in [-0.2, -0.15) is 0 Å². The molecule has 2 aromatic carbocycles. The highest BCUT2D eigenvalue weighted by Gasteiger charge is 2.29. The van der Waals surface area contributed by atoms with Crippen molar-refractivity contribution in [2.24, 2.45) is 5.92 Å². The molecule has 3 aromatic rings. The number of fused-ring (bicyclic) bond motifs is 1. The van der Waals surface area contributed by atoms with Crippen LogP contribution in [0.3, 0.4) is 0 Å². The topological polar surface area (TPSA) is 115 Å². The quantitative estimate of drug-likeness (QED) is 0.430. The lowest BCUT2D eigenvalue weighted by atomic mass is 9.87. The summed E-state index contributed by atoms with van der Waals surface area (Å²) in [6, 6.07) is 10.7. The predicted octanol–water partition coefficient (Wildman–Crippen LogP) is 4.64. The number of aromatic hydroxyl groups is 1. The van der Waals surface area contributed by atoms with E-state index in [0.717, 1.165) is 32.1 Å². The van der Waals surface area contributed by atoms with Crippen molar-refractivity contribution < 1.29 is 19.6 Å². The van der Waals surface area contributed by atoms with Crippen molar-refractivity contribution >= 4 is 22.5 Å². The molecule has 166 valence electrons. The van der Waals surface area contributed by atoms with Gasteiger partial charge in [0.05, 0.1) is 23.5 Å². The lowest BCUT2D eigenvalue weighted by Gasteiger charge is -2.26. The lowest BCUT2D eigenvalue weighted by molar-refractivity contribution is -0.383. The minimum Gasteiger partial charge on any atom is -0.505 e. The number of phenols is 1. The van der Waals surface area contributed by atoms with Gasteiger partial charge in [0.1, 0.15) is 17.0 Å². The van der Waals surface area contributed by atoms with E-state index in [1.807, 2.05) is 0 Å². The number of nitro groups is 1. The molecule has 1 atom stereocenters. The smallest absolute Gasteiger partial charge is 0.279 e. The van der Waals surface area contributed by atoms with Crippen molar-refractivity contribution in [1.29, 1.82) is 0 Å². The van der Waals surface area contributed by atoms with Gasteiger partial charge in [0.15, 0.2) is 0 Å². The maximum Gasteiger partial charge on any atom is 0.279 e. The molecule has 32 heavy (non-hydrogen) atoms. The number of methoxy groups -OCH3 is 1. The molecule has 8 heteroatoms. The Labute approximate surface area is 185 Å². The minimum absolute atomic E-state index is 0.111. The Morgan fingerprint density at radius 1 is 1.22 bits per heavy atom. The van der Waals surface area contributed by atoms with Crippen molar-refractivity contribution in [1.82, 2.24) is 10.3 Å². The van der Waals surface area contributed by atoms with E-state index in [-0.39, 0.29) is 39.7 Å². The van der Waals surface area contributed by atoms with Crippen LogP contribution in [0.4, 0.5) is 5.69 Å². The molecule has 8 nitrogen and oxygen atoms in total. The summed E-state index contributed by atoms with van der Waals surface area (Å²) >= 11 is 0. The number of hydrogen-bond acceptors (Lipinski definition) is 6. The Hall–Kier alpha value is -3.68. The van der Waals surface area contributed by atoms with Crippen molar-refractivity contribution in [3.63, 3.8) is 0 Å². The van der Waals surface area contributed by atoms with Crippen LogP contribution in [-0.2, 0) is 4.79 Å². The highest BCUT2D eigenvalue weighted by molar-refractivity contribution is 5.94. The second-order valence-corrected chi connectivity index (χ2v) is 8.04. The molecule has 0 unspecified atom stereocenters. The van der Waals surface area contributed by atoms with Crippen LogP contribution in [0.15, 0.2) is 48.7 Å². The molecule has 4 rings (SSSR count). The van der Waals surface area contributed by atoms with Gasteiger partial charge < -0.3 is 15.2 Å². The first kappa shape index (κ1) is 21.5. The van der Waals surface area contributed by atoms with E-state index < -0.39 is 11.0 Å². The van der Waals surface area contributed by atoms with E-state index in [0.29, 0.717) is 11.3 Å². The van der Waals surface area contributed by atoms with Gasteiger partial charge in [0, 0.05) is 23.7 Å². The third-order valence-corrected chi connectivity index (χ3v) is 6.09. The van der Waals surface area contributed by atoms with E-state index in [1.165, 1.54) is 12.3 Å². The molecule has 1 aliphatic carbocycles. The molecule has 1 aromatic heterocycles. The van der Waals surface area contributed by atoms with Gasteiger partial charge in [0.25, 0.3) is 5.69 Å². The standard InChI is InChI=1S/C24H25N3O5/c1-32-17-11-9-15(10-12-17)21(26-24(29)16-6-3-2-4-7-16)19-14-20(27(30)31)18-8-5-13-25-22(18)23(19)28/h5,8-14,16,21,28H,2-4,6-7H2,1H3,(H,26,29)/t21-/m1/s1. The summed E-state index contributed by atoms with van der Waals surface area (Å²) in [5.41, 5.74) is 0.862. The number of pyridine rings is 1. The molecule has 0 bridgehead atoms. The second kappa shape index (κ2) is 9.21. The summed E-state index contributed by atoms with van der Waals surface area (Å²) < 4.78 is 5.23. The Morgan fingerprint density at radius 3 is 2.59 bits per heavy atom. The number of aromatic nitrogens is 1. The van der Waals surface area contributed by atoms with Crippen LogP contribution in [0.1, 0.15) is 49.3 Å². The van der Waals surface area contributed by atoms with E-state index >= 15 is 0 Å². The Kier molecular flexibility index (Phi) is 6.20. The molecule has 2 N–H and O–H groups in total. The van der Waals surface area contributed by atoms with Crippen LogP contribution < -0.4 is 10.1 Å². The Morgan fingerprint density at radius 2 is 1.94 bits per heavy atom. The van der Waals surface area contributed by atoms with Gasteiger partial charge in [-0.3, -0.25) is 19.9 Å². The lowest BCUT2D eigenvalue weighted by Crippen LogP contribution is -2.35. The fraction of sp³-hybridized carbons (Fsp3) is 0.333. The number of non-ortho nitro benzene ring substituents is 1. The van der Waals surface area contributed by atoms with Crippen LogP contribution in [0.2, 0.25) is 0 Å². The van der Waals surface area contributed by atoms with Crippen molar-refractivity contribution in [2.45, 2.75) is 38.1 Å². The number of nitrogens with one attached hydrogen (secondary N) is 1. The number of ether oxygens (including phenoxy) is 1. The number of nitrogens with zero attached hydrogens (tertiary/aromatic N) is 2. The average molecular weight is 435 g/mol. The zero-order valence-electron chi connectivity index (χ0n) is 17.8. The number of carbonyl (C=O) groups excluding carboxylic acids is 1. The highest BCUT2D eigenvalue weighted by Crippen LogP contribution is 2.40. The summed E-state index contributed by atoms with van der Waals surface area (Å²) in [4.78, 5) is 28.6. The van der Waals surface area contributed by atoms with Gasteiger partial charge in [-0.1, -0.05) is 31.4 Å². The molecule has 0 spiro atoms. The molecular weight excluding hydrogens is 410 g/mol. The normalized spacial score (nSPS) is 15.3. The number of benzene rings is 2. The molecule has 0 saturated heterocycles. The van der Waals surface area contributed by atoms with E-state index in [2.05, 4.69) is 10.3 Å². The van der Waals surface area contributed by atoms with Crippen LogP contribution in [0.5, 0.6) is 11.5 Å². The largest absolute Gasteiger partial charge is 0.505 e. The monoisotopic (exact) mass is 435 g/mol. The van der Waals surface area contributed by atoms with Gasteiger partial charge in [0.2, 0.25) is 5.91 Å². The molecule has 1 fully saturated rings. The number of nitro benzene ring substituents is 1. The van der Waals surface area contributed by atoms with E-state index in [4.69, 9.17) is 4.74 Å². The van der Waals surface area contributed by atoms with E-state index in [9.17, 15) is 20.0 Å². The molecule has 1 saturated carbocycles. The zero-order valence-corrected chi connectivity index (χ0v) is 17.8. The fourth-order valence-corrected chi connectivity index (χ4v) is 4.36. The Bertz CT molecular complexity index is 1140. The number of phenolic OH excluding ortho intramolecular Hbond substituents is 1. The number of rotatable bonds is 6. The predicted molar refractivity (Wildman–Crippen MR) is 120 cm³/mol. The van der Waals surface area contributed by atoms with Gasteiger partial charge in [-0.05, 0) is 42.7 Å². The van der Waals surface area contributed by atoms with Crippen molar-refractivity contribution in [3.05, 3.63) is 69.9 Å². The van der Waals surface area contributed by atoms with E-state index in [1.54, 1.807) is 43.5 Å². The summed E-state index contributed by atoms with van der Waals surface area (Å²) in [7, 11) is 1.56. The molecule has 1 heterocycles. The van der Waals surface area contributed by atoms with Crippen molar-refractivity contribution in [3.8, 4) is 11.5 Å². The van der Waals surface area contributed by atoms with Crippen molar-refractivity contribution in [2.75, 3.05) is 7.11 Å². The Balaban J connectivity index is 1.83. The summed E-state index contributed by atoms with van der Waals surface area (Å²) in [6.45, 7) is 0. The molecule has 0 radical (unpaired) electrons. The third kappa shape index (κ3) is 4.21.